The SMILES string of the molecule is CCc1c[n+](C)c2ccccc2c1CC.F[B-](F)(F)F. The summed E-state index contributed by atoms with van der Waals surface area (Å²) < 4.78 is 41.2. The van der Waals surface area contributed by atoms with Crippen LogP contribution in [0.15, 0.2) is 30.5 Å². The highest BCUT2D eigenvalue weighted by Crippen LogP contribution is 2.20. The molecule has 0 bridgehead atoms. The predicted octanol–water partition coefficient (Wildman–Crippen LogP) is 4.09. The van der Waals surface area contributed by atoms with Gasteiger partial charge in [-0.05, 0) is 24.5 Å². The number of hydrogen-bond donors (Lipinski definition) is 0. The molecule has 1 heterocycles. The van der Waals surface area contributed by atoms with Crippen LogP contribution in [0.5, 0.6) is 0 Å². The number of para-hydroxylation sites is 1. The van der Waals surface area contributed by atoms with Gasteiger partial charge in [0.15, 0.2) is 6.20 Å². The van der Waals surface area contributed by atoms with E-state index in [1.54, 1.807) is 0 Å². The van der Waals surface area contributed by atoms with Crippen LogP contribution in [0, 0.1) is 0 Å². The van der Waals surface area contributed by atoms with Gasteiger partial charge >= 0.3 is 7.25 Å². The molecule has 0 radical (unpaired) electrons. The average molecular weight is 287 g/mol. The Morgan fingerprint density at radius 1 is 1.00 bits per heavy atom. The third-order valence-electron chi connectivity index (χ3n) is 3.08. The molecule has 0 aliphatic carbocycles. The van der Waals surface area contributed by atoms with E-state index < -0.39 is 7.25 Å². The molecule has 0 N–H and O–H groups in total. The molecule has 0 unspecified atom stereocenters. The van der Waals surface area contributed by atoms with Crippen LogP contribution in [0.2, 0.25) is 0 Å². The Bertz CT molecular complexity index is 575. The second-order valence-electron chi connectivity index (χ2n) is 4.46. The minimum Gasteiger partial charge on any atom is -0.418 e. The smallest absolute Gasteiger partial charge is 0.418 e. The predicted molar refractivity (Wildman–Crippen MR) is 74.1 cm³/mol. The molecule has 1 aromatic carbocycles. The van der Waals surface area contributed by atoms with E-state index in [4.69, 9.17) is 0 Å². The van der Waals surface area contributed by atoms with Crippen molar-refractivity contribution in [3.05, 3.63) is 41.6 Å². The Hall–Kier alpha value is -1.59. The summed E-state index contributed by atoms with van der Waals surface area (Å²) in [6, 6.07) is 8.65. The van der Waals surface area contributed by atoms with Gasteiger partial charge in [-0.25, -0.2) is 4.57 Å². The molecule has 0 aliphatic heterocycles. The number of fused-ring (bicyclic) bond motifs is 1. The van der Waals surface area contributed by atoms with Crippen molar-refractivity contribution in [1.29, 1.82) is 0 Å². The van der Waals surface area contributed by atoms with Crippen molar-refractivity contribution < 1.29 is 21.8 Å². The number of benzene rings is 1. The number of nitrogens with zero attached hydrogens (tertiary/aromatic N) is 1. The van der Waals surface area contributed by atoms with Crippen LogP contribution in [-0.4, -0.2) is 7.25 Å². The Balaban J connectivity index is 0.000000347. The molecular formula is C14H18BF4N. The highest BCUT2D eigenvalue weighted by molar-refractivity contribution is 6.50. The second kappa shape index (κ2) is 6.73. The van der Waals surface area contributed by atoms with Crippen LogP contribution in [0.1, 0.15) is 25.0 Å². The monoisotopic (exact) mass is 287 g/mol. The van der Waals surface area contributed by atoms with Crippen LogP contribution in [0.4, 0.5) is 17.3 Å². The fraction of sp³-hybridized carbons (Fsp3) is 0.357. The van der Waals surface area contributed by atoms with E-state index in [1.165, 1.54) is 22.0 Å². The van der Waals surface area contributed by atoms with E-state index in [0.717, 1.165) is 12.8 Å². The van der Waals surface area contributed by atoms with E-state index >= 15 is 0 Å². The summed E-state index contributed by atoms with van der Waals surface area (Å²) >= 11 is 0. The maximum Gasteiger partial charge on any atom is 0.673 e. The van der Waals surface area contributed by atoms with Gasteiger partial charge in [-0.3, -0.25) is 0 Å². The molecule has 110 valence electrons. The van der Waals surface area contributed by atoms with Crippen LogP contribution < -0.4 is 4.57 Å². The highest BCUT2D eigenvalue weighted by Gasteiger charge is 2.20. The van der Waals surface area contributed by atoms with Gasteiger partial charge in [-0.1, -0.05) is 26.0 Å². The first-order chi connectivity index (χ1) is 9.27. The van der Waals surface area contributed by atoms with Crippen molar-refractivity contribution in [2.75, 3.05) is 0 Å². The Morgan fingerprint density at radius 3 is 2.05 bits per heavy atom. The molecule has 0 amide bonds. The standard InChI is InChI=1S/C14H18N.BF4/c1-4-11-10-15(3)14-9-7-6-8-13(14)12(11)5-2;2-1(3,4)5/h6-10H,4-5H2,1-3H3;/q+1;-1. The largest absolute Gasteiger partial charge is 0.673 e. The summed E-state index contributed by atoms with van der Waals surface area (Å²) in [7, 11) is -3.87. The lowest BCUT2D eigenvalue weighted by atomic mass is 9.99. The van der Waals surface area contributed by atoms with Crippen LogP contribution in [0.25, 0.3) is 10.9 Å². The van der Waals surface area contributed by atoms with Crippen molar-refractivity contribution in [2.24, 2.45) is 7.05 Å². The minimum atomic E-state index is -6.00. The van der Waals surface area contributed by atoms with Gasteiger partial charge in [0.25, 0.3) is 0 Å². The molecule has 0 spiro atoms. The minimum absolute atomic E-state index is 1.11. The van der Waals surface area contributed by atoms with Crippen molar-refractivity contribution in [1.82, 2.24) is 0 Å². The quantitative estimate of drug-likeness (QED) is 0.445. The molecule has 0 saturated carbocycles. The number of aromatic nitrogens is 1. The Morgan fingerprint density at radius 2 is 1.55 bits per heavy atom. The van der Waals surface area contributed by atoms with Crippen LogP contribution in [-0.2, 0) is 19.9 Å². The third kappa shape index (κ3) is 4.51. The summed E-state index contributed by atoms with van der Waals surface area (Å²) in [6.07, 6.45) is 4.49. The lowest BCUT2D eigenvalue weighted by molar-refractivity contribution is -0.645. The number of pyridine rings is 1. The molecule has 1 nitrogen and oxygen atoms in total. The zero-order chi connectivity index (χ0) is 15.3. The first kappa shape index (κ1) is 16.5. The first-order valence-corrected chi connectivity index (χ1v) is 6.54. The molecule has 0 fully saturated rings. The molecule has 1 aromatic heterocycles. The molecule has 2 aromatic rings. The van der Waals surface area contributed by atoms with Gasteiger partial charge in [0.05, 0.1) is 0 Å². The summed E-state index contributed by atoms with van der Waals surface area (Å²) in [5.74, 6) is 0. The molecule has 20 heavy (non-hydrogen) atoms. The van der Waals surface area contributed by atoms with Gasteiger partial charge < -0.3 is 17.3 Å². The molecule has 6 heteroatoms. The fourth-order valence-corrected chi connectivity index (χ4v) is 2.31. The maximum atomic E-state index is 9.75. The van der Waals surface area contributed by atoms with Crippen molar-refractivity contribution in [2.45, 2.75) is 26.7 Å². The number of halogens is 4. The van der Waals surface area contributed by atoms with E-state index in [1.807, 2.05) is 0 Å². The van der Waals surface area contributed by atoms with Gasteiger partial charge in [0.1, 0.15) is 7.05 Å². The lowest BCUT2D eigenvalue weighted by Gasteiger charge is -2.07. The van der Waals surface area contributed by atoms with Gasteiger partial charge in [-0.15, -0.1) is 0 Å². The van der Waals surface area contributed by atoms with Crippen molar-refractivity contribution >= 4 is 18.2 Å². The molecule has 2 rings (SSSR count). The number of rotatable bonds is 2. The normalized spacial score (nSPS) is 11.2. The topological polar surface area (TPSA) is 3.88 Å². The van der Waals surface area contributed by atoms with E-state index in [0.29, 0.717) is 0 Å². The maximum absolute atomic E-state index is 9.75. The first-order valence-electron chi connectivity index (χ1n) is 6.54. The molecule has 0 aliphatic rings. The van der Waals surface area contributed by atoms with Gasteiger partial charge in [-0.2, -0.15) is 0 Å². The number of aryl methyl sites for hydroxylation is 3. The third-order valence-corrected chi connectivity index (χ3v) is 3.08. The fourth-order valence-electron chi connectivity index (χ4n) is 2.31. The van der Waals surface area contributed by atoms with Crippen LogP contribution in [0.3, 0.4) is 0 Å². The van der Waals surface area contributed by atoms with Crippen molar-refractivity contribution in [3.8, 4) is 0 Å². The molecule has 0 atom stereocenters. The number of hydrogen-bond acceptors (Lipinski definition) is 0. The zero-order valence-electron chi connectivity index (χ0n) is 11.8. The highest BCUT2D eigenvalue weighted by atomic mass is 19.5. The summed E-state index contributed by atoms with van der Waals surface area (Å²) in [6.45, 7) is 4.46. The van der Waals surface area contributed by atoms with Gasteiger partial charge in [0, 0.05) is 17.0 Å². The summed E-state index contributed by atoms with van der Waals surface area (Å²) in [5.41, 5.74) is 4.30. The molecule has 0 saturated heterocycles. The lowest BCUT2D eigenvalue weighted by Crippen LogP contribution is -2.30. The summed E-state index contributed by atoms with van der Waals surface area (Å²) in [5, 5.41) is 1.40. The summed E-state index contributed by atoms with van der Waals surface area (Å²) in [4.78, 5) is 0. The van der Waals surface area contributed by atoms with E-state index in [-0.39, 0.29) is 0 Å². The molecular weight excluding hydrogens is 269 g/mol. The van der Waals surface area contributed by atoms with E-state index in [2.05, 4.69) is 55.9 Å². The van der Waals surface area contributed by atoms with E-state index in [9.17, 15) is 17.3 Å². The Kier molecular flexibility index (Phi) is 5.54. The average Bonchev–Trinajstić information content (AvgIpc) is 2.36. The Labute approximate surface area is 116 Å². The van der Waals surface area contributed by atoms with Crippen LogP contribution >= 0.6 is 0 Å². The zero-order valence-corrected chi connectivity index (χ0v) is 11.8. The van der Waals surface area contributed by atoms with Gasteiger partial charge in [0.2, 0.25) is 5.52 Å². The van der Waals surface area contributed by atoms with Crippen molar-refractivity contribution in [3.63, 3.8) is 0 Å². The second-order valence-corrected chi connectivity index (χ2v) is 4.46.